The number of hydrogen-bond donors (Lipinski definition) is 1. The summed E-state index contributed by atoms with van der Waals surface area (Å²) < 4.78 is 5.92. The van der Waals surface area contributed by atoms with E-state index in [1.54, 1.807) is 6.20 Å². The lowest BCUT2D eigenvalue weighted by Crippen LogP contribution is -2.45. The van der Waals surface area contributed by atoms with Gasteiger partial charge in [0.2, 0.25) is 0 Å². The molecule has 6 nitrogen and oxygen atoms in total. The number of halogens is 1. The van der Waals surface area contributed by atoms with Crippen LogP contribution in [0, 0.1) is 0 Å². The number of morpholine rings is 1. The van der Waals surface area contributed by atoms with Gasteiger partial charge in [0.25, 0.3) is 0 Å². The molecule has 2 aromatic carbocycles. The lowest BCUT2D eigenvalue weighted by molar-refractivity contribution is -0.0710. The summed E-state index contributed by atoms with van der Waals surface area (Å²) in [5, 5.41) is 5.11. The molecule has 1 aliphatic heterocycles. The van der Waals surface area contributed by atoms with Gasteiger partial charge in [0, 0.05) is 35.9 Å². The zero-order chi connectivity index (χ0) is 25.2. The minimum absolute atomic E-state index is 0.184. The number of pyridine rings is 1. The Hall–Kier alpha value is -3.06. The molecule has 2 atom stereocenters. The van der Waals surface area contributed by atoms with Crippen LogP contribution in [0.2, 0.25) is 5.02 Å². The van der Waals surface area contributed by atoms with E-state index in [9.17, 15) is 0 Å². The molecule has 5 rings (SSSR count). The summed E-state index contributed by atoms with van der Waals surface area (Å²) in [6.45, 7) is 11.0. The minimum atomic E-state index is 0.184. The van der Waals surface area contributed by atoms with Crippen LogP contribution in [0.3, 0.4) is 0 Å². The van der Waals surface area contributed by atoms with Gasteiger partial charge in [-0.3, -0.25) is 9.88 Å². The van der Waals surface area contributed by atoms with E-state index in [0.29, 0.717) is 17.5 Å². The van der Waals surface area contributed by atoms with Crippen LogP contribution in [0.1, 0.15) is 45.0 Å². The number of nitrogens with one attached hydrogen (secondary N) is 1. The molecule has 4 aromatic rings. The van der Waals surface area contributed by atoms with Crippen LogP contribution in [-0.2, 0) is 11.3 Å². The van der Waals surface area contributed by atoms with Gasteiger partial charge in [0.05, 0.1) is 35.0 Å². The maximum Gasteiger partial charge on any atom is 0.145 e. The number of benzene rings is 2. The van der Waals surface area contributed by atoms with Crippen LogP contribution >= 0.6 is 11.6 Å². The molecule has 0 amide bonds. The van der Waals surface area contributed by atoms with Gasteiger partial charge in [-0.1, -0.05) is 43.6 Å². The topological polar surface area (TPSA) is 63.2 Å². The predicted octanol–water partition coefficient (Wildman–Crippen LogP) is 6.82. The van der Waals surface area contributed by atoms with Gasteiger partial charge < -0.3 is 10.1 Å². The molecule has 2 aromatic heterocycles. The fourth-order valence-corrected chi connectivity index (χ4v) is 5.02. The van der Waals surface area contributed by atoms with Crippen molar-refractivity contribution in [1.82, 2.24) is 19.9 Å². The molecule has 186 valence electrons. The average molecular weight is 502 g/mol. The zero-order valence-corrected chi connectivity index (χ0v) is 22.0. The number of nitrogens with zero attached hydrogens (tertiary/aromatic N) is 4. The standard InChI is InChI=1S/C29H32ClN5O/c1-18(2)21-7-10-23(11-8-21)32-29-24-12-9-22(28-25(30)6-5-13-31-28)14-26(24)33-27(34-29)17-35-15-19(3)36-20(4)16-35/h5-14,18-20H,15-17H2,1-4H3,(H,32,33,34)/t19-,20-/m1/s1. The minimum Gasteiger partial charge on any atom is -0.373 e. The second-order valence-corrected chi connectivity index (χ2v) is 10.3. The maximum atomic E-state index is 6.44. The molecule has 36 heavy (non-hydrogen) atoms. The molecule has 0 radical (unpaired) electrons. The largest absolute Gasteiger partial charge is 0.373 e. The van der Waals surface area contributed by atoms with E-state index in [1.165, 1.54) is 5.56 Å². The summed E-state index contributed by atoms with van der Waals surface area (Å²) in [6, 6.07) is 18.3. The Bertz CT molecular complexity index is 1350. The van der Waals surface area contributed by atoms with E-state index in [0.717, 1.165) is 52.6 Å². The van der Waals surface area contributed by atoms with Crippen molar-refractivity contribution in [3.63, 3.8) is 0 Å². The smallest absolute Gasteiger partial charge is 0.145 e. The normalized spacial score (nSPS) is 18.6. The Morgan fingerprint density at radius 3 is 2.47 bits per heavy atom. The molecule has 0 aliphatic carbocycles. The first-order valence-corrected chi connectivity index (χ1v) is 12.9. The predicted molar refractivity (Wildman–Crippen MR) is 147 cm³/mol. The Morgan fingerprint density at radius 1 is 1.03 bits per heavy atom. The number of anilines is 2. The number of fused-ring (bicyclic) bond motifs is 1. The van der Waals surface area contributed by atoms with Crippen LogP contribution in [0.5, 0.6) is 0 Å². The zero-order valence-electron chi connectivity index (χ0n) is 21.2. The highest BCUT2D eigenvalue weighted by Gasteiger charge is 2.23. The highest BCUT2D eigenvalue weighted by Crippen LogP contribution is 2.31. The van der Waals surface area contributed by atoms with Gasteiger partial charge in [-0.05, 0) is 61.7 Å². The van der Waals surface area contributed by atoms with Crippen LogP contribution in [0.4, 0.5) is 11.5 Å². The highest BCUT2D eigenvalue weighted by molar-refractivity contribution is 6.33. The molecule has 1 aliphatic rings. The van der Waals surface area contributed by atoms with Gasteiger partial charge in [-0.2, -0.15) is 0 Å². The summed E-state index contributed by atoms with van der Waals surface area (Å²) in [6.07, 6.45) is 2.12. The van der Waals surface area contributed by atoms with Crippen molar-refractivity contribution in [2.75, 3.05) is 18.4 Å². The van der Waals surface area contributed by atoms with E-state index >= 15 is 0 Å². The maximum absolute atomic E-state index is 6.44. The second-order valence-electron chi connectivity index (χ2n) is 9.91. The lowest BCUT2D eigenvalue weighted by Gasteiger charge is -2.34. The summed E-state index contributed by atoms with van der Waals surface area (Å²) in [5.41, 5.74) is 4.83. The monoisotopic (exact) mass is 501 g/mol. The quantitative estimate of drug-likeness (QED) is 0.312. The third kappa shape index (κ3) is 5.51. The number of hydrogen-bond acceptors (Lipinski definition) is 6. The highest BCUT2D eigenvalue weighted by atomic mass is 35.5. The fraction of sp³-hybridized carbons (Fsp3) is 0.345. The van der Waals surface area contributed by atoms with Crippen molar-refractivity contribution in [2.24, 2.45) is 0 Å². The van der Waals surface area contributed by atoms with Gasteiger partial charge in [-0.15, -0.1) is 0 Å². The van der Waals surface area contributed by atoms with Crippen LogP contribution in [0.15, 0.2) is 60.8 Å². The SMILES string of the molecule is CC(C)c1ccc(Nc2nc(CN3C[C@@H](C)O[C@H](C)C3)nc3cc(-c4ncccc4Cl)ccc23)cc1. The summed E-state index contributed by atoms with van der Waals surface area (Å²) in [5.74, 6) is 2.05. The Morgan fingerprint density at radius 2 is 1.78 bits per heavy atom. The van der Waals surface area contributed by atoms with Gasteiger partial charge in [0.15, 0.2) is 0 Å². The van der Waals surface area contributed by atoms with Crippen molar-refractivity contribution in [2.45, 2.75) is 52.4 Å². The van der Waals surface area contributed by atoms with Crippen LogP contribution < -0.4 is 5.32 Å². The van der Waals surface area contributed by atoms with Crippen molar-refractivity contribution < 1.29 is 4.74 Å². The first-order valence-electron chi connectivity index (χ1n) is 12.5. The number of rotatable bonds is 6. The Kier molecular flexibility index (Phi) is 7.19. The second kappa shape index (κ2) is 10.5. The molecule has 0 saturated carbocycles. The summed E-state index contributed by atoms with van der Waals surface area (Å²) in [7, 11) is 0. The van der Waals surface area contributed by atoms with E-state index < -0.39 is 0 Å². The lowest BCUT2D eigenvalue weighted by atomic mass is 10.0. The third-order valence-corrected chi connectivity index (χ3v) is 6.78. The Labute approximate surface area is 217 Å². The molecular formula is C29H32ClN5O. The first-order chi connectivity index (χ1) is 17.4. The molecular weight excluding hydrogens is 470 g/mol. The van der Waals surface area contributed by atoms with E-state index in [2.05, 4.69) is 67.2 Å². The van der Waals surface area contributed by atoms with Crippen molar-refractivity contribution >= 4 is 34.0 Å². The fourth-order valence-electron chi connectivity index (χ4n) is 4.79. The van der Waals surface area contributed by atoms with Gasteiger partial charge >= 0.3 is 0 Å². The molecule has 0 unspecified atom stereocenters. The van der Waals surface area contributed by atoms with E-state index in [1.807, 2.05) is 30.3 Å². The Balaban J connectivity index is 1.54. The van der Waals surface area contributed by atoms with Gasteiger partial charge in [0.1, 0.15) is 11.6 Å². The molecule has 0 spiro atoms. The summed E-state index contributed by atoms with van der Waals surface area (Å²) >= 11 is 6.44. The molecule has 7 heteroatoms. The molecule has 3 heterocycles. The summed E-state index contributed by atoms with van der Waals surface area (Å²) in [4.78, 5) is 16.8. The van der Waals surface area contributed by atoms with Crippen molar-refractivity contribution in [1.29, 1.82) is 0 Å². The molecule has 1 saturated heterocycles. The van der Waals surface area contributed by atoms with Crippen LogP contribution in [-0.4, -0.2) is 45.1 Å². The van der Waals surface area contributed by atoms with Crippen molar-refractivity contribution in [3.8, 4) is 11.3 Å². The van der Waals surface area contributed by atoms with E-state index in [-0.39, 0.29) is 12.2 Å². The first kappa shape index (κ1) is 24.6. The molecule has 0 bridgehead atoms. The molecule has 1 N–H and O–H groups in total. The van der Waals surface area contributed by atoms with Crippen LogP contribution in [0.25, 0.3) is 22.2 Å². The molecule has 1 fully saturated rings. The average Bonchev–Trinajstić information content (AvgIpc) is 2.84. The number of aromatic nitrogens is 3. The van der Waals surface area contributed by atoms with Crippen molar-refractivity contribution in [3.05, 3.63) is 77.2 Å². The van der Waals surface area contributed by atoms with Gasteiger partial charge in [-0.25, -0.2) is 9.97 Å². The number of ether oxygens (including phenoxy) is 1. The third-order valence-electron chi connectivity index (χ3n) is 6.48. The van der Waals surface area contributed by atoms with E-state index in [4.69, 9.17) is 26.3 Å².